The molecule has 170 valence electrons. The number of nitrogens with one attached hydrogen (secondary N) is 1. The number of thioether (sulfide) groups is 1. The van der Waals surface area contributed by atoms with Crippen molar-refractivity contribution in [3.63, 3.8) is 0 Å². The number of hydrogen-bond donors (Lipinski definition) is 1. The molecule has 0 unspecified atom stereocenters. The van der Waals surface area contributed by atoms with Gasteiger partial charge in [0.1, 0.15) is 10.7 Å². The minimum absolute atomic E-state index is 0.146. The van der Waals surface area contributed by atoms with Crippen LogP contribution in [0.2, 0.25) is 0 Å². The lowest BCUT2D eigenvalue weighted by molar-refractivity contribution is 0.0946. The number of carbonyl (C=O) groups excluding carboxylic acids is 1. The summed E-state index contributed by atoms with van der Waals surface area (Å²) in [7, 11) is 3.94. The molecule has 0 spiro atoms. The van der Waals surface area contributed by atoms with E-state index >= 15 is 0 Å². The van der Waals surface area contributed by atoms with Crippen LogP contribution in [0, 0.1) is 6.92 Å². The van der Waals surface area contributed by atoms with Gasteiger partial charge in [0.05, 0.1) is 5.75 Å². The lowest BCUT2D eigenvalue weighted by Gasteiger charge is -2.10. The van der Waals surface area contributed by atoms with Crippen LogP contribution in [0.25, 0.3) is 17.1 Å². The van der Waals surface area contributed by atoms with Crippen molar-refractivity contribution in [2.45, 2.75) is 17.8 Å². The molecule has 0 aliphatic rings. The molecule has 3 heterocycles. The molecule has 0 saturated carbocycles. The third-order valence-corrected chi connectivity index (χ3v) is 6.79. The molecule has 0 aliphatic heterocycles. The summed E-state index contributed by atoms with van der Waals surface area (Å²) >= 11 is 3.02. The van der Waals surface area contributed by atoms with E-state index in [-0.39, 0.29) is 5.91 Å². The van der Waals surface area contributed by atoms with Crippen LogP contribution in [0.15, 0.2) is 59.3 Å². The Balaban J connectivity index is 1.52. The molecule has 1 N–H and O–H groups in total. The third kappa shape index (κ3) is 5.84. The Kier molecular flexibility index (Phi) is 7.48. The van der Waals surface area contributed by atoms with Gasteiger partial charge in [-0.15, -0.1) is 21.5 Å². The van der Waals surface area contributed by atoms with Crippen molar-refractivity contribution < 1.29 is 4.79 Å². The second-order valence-electron chi connectivity index (χ2n) is 7.69. The lowest BCUT2D eigenvalue weighted by Crippen LogP contribution is -2.31. The van der Waals surface area contributed by atoms with Gasteiger partial charge >= 0.3 is 0 Å². The first kappa shape index (κ1) is 23.1. The van der Waals surface area contributed by atoms with Crippen molar-refractivity contribution in [3.05, 3.63) is 70.4 Å². The van der Waals surface area contributed by atoms with E-state index in [2.05, 4.69) is 56.7 Å². The first-order valence-electron chi connectivity index (χ1n) is 10.4. The Morgan fingerprint density at radius 1 is 1.12 bits per heavy atom. The zero-order chi connectivity index (χ0) is 23.2. The van der Waals surface area contributed by atoms with Crippen LogP contribution in [0.1, 0.15) is 21.1 Å². The van der Waals surface area contributed by atoms with Gasteiger partial charge in [-0.1, -0.05) is 29.5 Å². The van der Waals surface area contributed by atoms with E-state index in [1.54, 1.807) is 29.5 Å². The molecule has 3 aromatic heterocycles. The predicted octanol–water partition coefficient (Wildman–Crippen LogP) is 3.68. The summed E-state index contributed by atoms with van der Waals surface area (Å²) in [5, 5.41) is 15.2. The summed E-state index contributed by atoms with van der Waals surface area (Å²) in [6, 6.07) is 12.1. The van der Waals surface area contributed by atoms with Crippen molar-refractivity contribution >= 4 is 29.0 Å². The molecule has 0 atom stereocenters. The average molecular weight is 480 g/mol. The first-order valence-corrected chi connectivity index (χ1v) is 12.3. The van der Waals surface area contributed by atoms with Gasteiger partial charge in [-0.3, -0.25) is 14.3 Å². The molecule has 0 aliphatic carbocycles. The summed E-state index contributed by atoms with van der Waals surface area (Å²) < 4.78 is 2.04. The summed E-state index contributed by atoms with van der Waals surface area (Å²) in [6.45, 7) is 3.43. The van der Waals surface area contributed by atoms with Crippen molar-refractivity contribution in [2.75, 3.05) is 27.2 Å². The van der Waals surface area contributed by atoms with Crippen molar-refractivity contribution in [1.29, 1.82) is 0 Å². The normalized spacial score (nSPS) is 11.2. The Morgan fingerprint density at radius 2 is 1.88 bits per heavy atom. The maximum absolute atomic E-state index is 12.3. The fourth-order valence-corrected chi connectivity index (χ4v) is 4.81. The highest BCUT2D eigenvalue weighted by Crippen LogP contribution is 2.30. The molecule has 33 heavy (non-hydrogen) atoms. The molecular formula is C23H25N7OS2. The summed E-state index contributed by atoms with van der Waals surface area (Å²) in [4.78, 5) is 23.0. The van der Waals surface area contributed by atoms with E-state index in [4.69, 9.17) is 0 Å². The van der Waals surface area contributed by atoms with Gasteiger partial charge in [-0.2, -0.15) is 0 Å². The van der Waals surface area contributed by atoms with Crippen LogP contribution < -0.4 is 5.32 Å². The quantitative estimate of drug-likeness (QED) is 0.366. The smallest absolute Gasteiger partial charge is 0.270 e. The van der Waals surface area contributed by atoms with Gasteiger partial charge in [0.2, 0.25) is 0 Å². The topological polar surface area (TPSA) is 88.8 Å². The van der Waals surface area contributed by atoms with Crippen molar-refractivity contribution in [3.8, 4) is 17.1 Å². The molecule has 0 fully saturated rings. The number of thiazole rings is 1. The first-order chi connectivity index (χ1) is 16.0. The SMILES string of the molecule is Cc1ccc(-n2c(SCc3nc(C(=O)NCCN(C)C)cs3)nnc2-c2ccncc2)cc1. The molecule has 0 saturated heterocycles. The van der Waals surface area contributed by atoms with Gasteiger partial charge in [0, 0.05) is 42.1 Å². The molecule has 1 amide bonds. The lowest BCUT2D eigenvalue weighted by atomic mass is 10.2. The molecular weight excluding hydrogens is 454 g/mol. The number of carbonyl (C=O) groups is 1. The third-order valence-electron chi connectivity index (χ3n) is 4.82. The molecule has 0 bridgehead atoms. The number of amides is 1. The Bertz CT molecular complexity index is 1200. The van der Waals surface area contributed by atoms with Crippen LogP contribution in [0.5, 0.6) is 0 Å². The number of rotatable bonds is 9. The van der Waals surface area contributed by atoms with Crippen LogP contribution in [0.3, 0.4) is 0 Å². The van der Waals surface area contributed by atoms with E-state index in [1.165, 1.54) is 16.9 Å². The van der Waals surface area contributed by atoms with Crippen molar-refractivity contribution in [2.24, 2.45) is 0 Å². The van der Waals surface area contributed by atoms with Crippen LogP contribution in [-0.2, 0) is 5.75 Å². The van der Waals surface area contributed by atoms with Crippen LogP contribution in [0.4, 0.5) is 0 Å². The highest BCUT2D eigenvalue weighted by Gasteiger charge is 2.17. The number of benzene rings is 1. The Hall–Kier alpha value is -3.08. The number of aromatic nitrogens is 5. The van der Waals surface area contributed by atoms with Crippen LogP contribution in [-0.4, -0.2) is 62.7 Å². The fourth-order valence-electron chi connectivity index (χ4n) is 3.07. The van der Waals surface area contributed by atoms with E-state index in [1.807, 2.05) is 35.7 Å². The molecule has 10 heteroatoms. The van der Waals surface area contributed by atoms with E-state index in [0.717, 1.165) is 33.8 Å². The zero-order valence-electron chi connectivity index (χ0n) is 18.7. The predicted molar refractivity (Wildman–Crippen MR) is 132 cm³/mol. The van der Waals surface area contributed by atoms with E-state index in [9.17, 15) is 4.79 Å². The number of likely N-dealkylation sites (N-methyl/N-ethyl adjacent to an activating group) is 1. The number of nitrogens with zero attached hydrogens (tertiary/aromatic N) is 6. The molecule has 4 rings (SSSR count). The second kappa shape index (κ2) is 10.7. The number of pyridine rings is 1. The van der Waals surface area contributed by atoms with E-state index < -0.39 is 0 Å². The zero-order valence-corrected chi connectivity index (χ0v) is 20.4. The standard InChI is InChI=1S/C23H25N7OS2/c1-16-4-6-18(7-5-16)30-21(17-8-10-24-11-9-17)27-28-23(30)33-15-20-26-19(14-32-20)22(31)25-12-13-29(2)3/h4-11,14H,12-13,15H2,1-3H3,(H,25,31). The summed E-state index contributed by atoms with van der Waals surface area (Å²) in [5.74, 6) is 1.20. The van der Waals surface area contributed by atoms with Crippen LogP contribution >= 0.6 is 23.1 Å². The summed E-state index contributed by atoms with van der Waals surface area (Å²) in [5.41, 5.74) is 3.56. The van der Waals surface area contributed by atoms with Crippen molar-refractivity contribution in [1.82, 2.24) is 34.9 Å². The summed E-state index contributed by atoms with van der Waals surface area (Å²) in [6.07, 6.45) is 3.49. The number of hydrogen-bond acceptors (Lipinski definition) is 8. The van der Waals surface area contributed by atoms with Gasteiger partial charge in [0.25, 0.3) is 5.91 Å². The Morgan fingerprint density at radius 3 is 2.61 bits per heavy atom. The van der Waals surface area contributed by atoms with E-state index in [0.29, 0.717) is 18.0 Å². The average Bonchev–Trinajstić information content (AvgIpc) is 3.46. The van der Waals surface area contributed by atoms with Gasteiger partial charge < -0.3 is 10.2 Å². The maximum atomic E-state index is 12.3. The largest absolute Gasteiger partial charge is 0.349 e. The van der Waals surface area contributed by atoms with Gasteiger partial charge in [-0.05, 0) is 45.3 Å². The molecule has 0 radical (unpaired) electrons. The fraction of sp³-hybridized carbons (Fsp3) is 0.261. The number of aryl methyl sites for hydroxylation is 1. The minimum Gasteiger partial charge on any atom is -0.349 e. The molecule has 8 nitrogen and oxygen atoms in total. The highest BCUT2D eigenvalue weighted by atomic mass is 32.2. The maximum Gasteiger partial charge on any atom is 0.270 e. The molecule has 4 aromatic rings. The van der Waals surface area contributed by atoms with Gasteiger partial charge in [0.15, 0.2) is 11.0 Å². The molecule has 1 aromatic carbocycles. The van der Waals surface area contributed by atoms with Gasteiger partial charge in [-0.25, -0.2) is 4.98 Å². The second-order valence-corrected chi connectivity index (χ2v) is 9.57. The monoisotopic (exact) mass is 479 g/mol. The highest BCUT2D eigenvalue weighted by molar-refractivity contribution is 7.98. The Labute approximate surface area is 201 Å². The minimum atomic E-state index is -0.146.